The van der Waals surface area contributed by atoms with Crippen molar-refractivity contribution in [3.8, 4) is 5.75 Å². The van der Waals surface area contributed by atoms with Crippen LogP contribution in [0.2, 0.25) is 0 Å². The lowest BCUT2D eigenvalue weighted by Gasteiger charge is -2.14. The predicted molar refractivity (Wildman–Crippen MR) is 81.9 cm³/mol. The number of nitrogens with two attached hydrogens (primary N) is 1. The SMILES string of the molecule is Nc1ccc2c(c1)CCC2NC(=O)Cc1ccc(O)cc1. The highest BCUT2D eigenvalue weighted by molar-refractivity contribution is 5.79. The Morgan fingerprint density at radius 3 is 2.76 bits per heavy atom. The van der Waals surface area contributed by atoms with E-state index in [1.54, 1.807) is 24.3 Å². The van der Waals surface area contributed by atoms with Gasteiger partial charge in [-0.2, -0.15) is 0 Å². The summed E-state index contributed by atoms with van der Waals surface area (Å²) in [6.45, 7) is 0. The smallest absolute Gasteiger partial charge is 0.224 e. The van der Waals surface area contributed by atoms with Crippen LogP contribution < -0.4 is 11.1 Å². The van der Waals surface area contributed by atoms with E-state index in [1.165, 1.54) is 11.1 Å². The first-order chi connectivity index (χ1) is 10.1. The molecule has 21 heavy (non-hydrogen) atoms. The van der Waals surface area contributed by atoms with Crippen LogP contribution in [0.4, 0.5) is 5.69 Å². The fourth-order valence-electron chi connectivity index (χ4n) is 2.83. The lowest BCUT2D eigenvalue weighted by atomic mass is 10.1. The van der Waals surface area contributed by atoms with Crippen molar-refractivity contribution < 1.29 is 9.90 Å². The van der Waals surface area contributed by atoms with Crippen molar-refractivity contribution in [1.29, 1.82) is 0 Å². The minimum absolute atomic E-state index is 0.00429. The molecule has 4 nitrogen and oxygen atoms in total. The van der Waals surface area contributed by atoms with Crippen LogP contribution in [-0.4, -0.2) is 11.0 Å². The number of hydrogen-bond donors (Lipinski definition) is 3. The zero-order valence-corrected chi connectivity index (χ0v) is 11.7. The second-order valence-electron chi connectivity index (χ2n) is 5.46. The quantitative estimate of drug-likeness (QED) is 0.756. The molecule has 3 rings (SSSR count). The van der Waals surface area contributed by atoms with Gasteiger partial charge >= 0.3 is 0 Å². The van der Waals surface area contributed by atoms with Gasteiger partial charge in [-0.05, 0) is 53.8 Å². The summed E-state index contributed by atoms with van der Waals surface area (Å²) >= 11 is 0. The van der Waals surface area contributed by atoms with Crippen molar-refractivity contribution in [2.45, 2.75) is 25.3 Å². The molecule has 4 N–H and O–H groups in total. The van der Waals surface area contributed by atoms with Crippen molar-refractivity contribution in [2.24, 2.45) is 0 Å². The molecular weight excluding hydrogens is 264 g/mol. The van der Waals surface area contributed by atoms with Gasteiger partial charge in [0.25, 0.3) is 0 Å². The summed E-state index contributed by atoms with van der Waals surface area (Å²) in [6.07, 6.45) is 2.19. The van der Waals surface area contributed by atoms with Crippen LogP contribution in [0.1, 0.15) is 29.2 Å². The van der Waals surface area contributed by atoms with E-state index in [2.05, 4.69) is 5.32 Å². The summed E-state index contributed by atoms with van der Waals surface area (Å²) in [6, 6.07) is 12.7. The molecule has 1 aliphatic rings. The number of hydrogen-bond acceptors (Lipinski definition) is 3. The van der Waals surface area contributed by atoms with Crippen molar-refractivity contribution in [2.75, 3.05) is 5.73 Å². The first-order valence-electron chi connectivity index (χ1n) is 7.07. The maximum atomic E-state index is 12.1. The third kappa shape index (κ3) is 2.99. The van der Waals surface area contributed by atoms with Gasteiger partial charge in [0.15, 0.2) is 0 Å². The molecule has 108 valence electrons. The molecule has 2 aromatic carbocycles. The Balaban J connectivity index is 1.65. The van der Waals surface area contributed by atoms with E-state index in [1.807, 2.05) is 18.2 Å². The molecule has 0 bridgehead atoms. The van der Waals surface area contributed by atoms with E-state index >= 15 is 0 Å². The zero-order valence-electron chi connectivity index (χ0n) is 11.7. The van der Waals surface area contributed by atoms with Crippen molar-refractivity contribution in [3.63, 3.8) is 0 Å². The molecule has 4 heteroatoms. The van der Waals surface area contributed by atoms with E-state index in [9.17, 15) is 9.90 Å². The van der Waals surface area contributed by atoms with Crippen LogP contribution >= 0.6 is 0 Å². The fraction of sp³-hybridized carbons (Fsp3) is 0.235. The number of phenolic OH excluding ortho intramolecular Hbond substituents is 1. The Hall–Kier alpha value is -2.49. The summed E-state index contributed by atoms with van der Waals surface area (Å²) in [5, 5.41) is 12.3. The summed E-state index contributed by atoms with van der Waals surface area (Å²) in [5.74, 6) is 0.205. The molecule has 0 saturated carbocycles. The van der Waals surface area contributed by atoms with E-state index < -0.39 is 0 Å². The van der Waals surface area contributed by atoms with Crippen molar-refractivity contribution >= 4 is 11.6 Å². The van der Waals surface area contributed by atoms with Gasteiger partial charge in [-0.1, -0.05) is 18.2 Å². The second kappa shape index (κ2) is 5.48. The van der Waals surface area contributed by atoms with Gasteiger partial charge in [-0.3, -0.25) is 4.79 Å². The van der Waals surface area contributed by atoms with Gasteiger partial charge in [-0.25, -0.2) is 0 Å². The topological polar surface area (TPSA) is 75.3 Å². The van der Waals surface area contributed by atoms with Crippen LogP contribution in [0, 0.1) is 0 Å². The van der Waals surface area contributed by atoms with Crippen molar-refractivity contribution in [1.82, 2.24) is 5.32 Å². The van der Waals surface area contributed by atoms with Crippen LogP contribution in [-0.2, 0) is 17.6 Å². The van der Waals surface area contributed by atoms with E-state index in [-0.39, 0.29) is 17.7 Å². The molecule has 0 radical (unpaired) electrons. The Morgan fingerprint density at radius 1 is 1.24 bits per heavy atom. The predicted octanol–water partition coefficient (Wildman–Crippen LogP) is 2.32. The van der Waals surface area contributed by atoms with Gasteiger partial charge in [0, 0.05) is 5.69 Å². The molecule has 0 heterocycles. The number of carbonyl (C=O) groups excluding carboxylic acids is 1. The number of aromatic hydroxyl groups is 1. The summed E-state index contributed by atoms with van der Waals surface area (Å²) in [7, 11) is 0. The van der Waals surface area contributed by atoms with Crippen LogP contribution in [0.25, 0.3) is 0 Å². The standard InChI is InChI=1S/C17H18N2O2/c18-13-4-7-15-12(10-13)3-8-16(15)19-17(21)9-11-1-5-14(20)6-2-11/h1-2,4-7,10,16,20H,3,8-9,18H2,(H,19,21). The van der Waals surface area contributed by atoms with E-state index in [0.29, 0.717) is 6.42 Å². The van der Waals surface area contributed by atoms with Gasteiger partial charge < -0.3 is 16.2 Å². The molecule has 1 unspecified atom stereocenters. The Bertz CT molecular complexity index is 665. The maximum Gasteiger partial charge on any atom is 0.224 e. The van der Waals surface area contributed by atoms with Crippen LogP contribution in [0.3, 0.4) is 0 Å². The van der Waals surface area contributed by atoms with Gasteiger partial charge in [0.1, 0.15) is 5.75 Å². The summed E-state index contributed by atoms with van der Waals surface area (Å²) < 4.78 is 0. The van der Waals surface area contributed by atoms with Crippen LogP contribution in [0.15, 0.2) is 42.5 Å². The average molecular weight is 282 g/mol. The zero-order chi connectivity index (χ0) is 14.8. The molecule has 0 aromatic heterocycles. The number of amides is 1. The highest BCUT2D eigenvalue weighted by Crippen LogP contribution is 2.32. The third-order valence-electron chi connectivity index (χ3n) is 3.88. The summed E-state index contributed by atoms with van der Waals surface area (Å²) in [5.41, 5.74) is 9.84. The molecule has 0 spiro atoms. The Labute approximate surface area is 123 Å². The Kier molecular flexibility index (Phi) is 3.52. The Morgan fingerprint density at radius 2 is 2.00 bits per heavy atom. The molecule has 1 aliphatic carbocycles. The largest absolute Gasteiger partial charge is 0.508 e. The molecular formula is C17H18N2O2. The first-order valence-corrected chi connectivity index (χ1v) is 7.07. The molecule has 0 aliphatic heterocycles. The normalized spacial score (nSPS) is 16.5. The fourth-order valence-corrected chi connectivity index (χ4v) is 2.83. The van der Waals surface area contributed by atoms with E-state index in [0.717, 1.165) is 24.1 Å². The summed E-state index contributed by atoms with van der Waals surface area (Å²) in [4.78, 5) is 12.1. The van der Waals surface area contributed by atoms with E-state index in [4.69, 9.17) is 5.73 Å². The highest BCUT2D eigenvalue weighted by Gasteiger charge is 2.23. The van der Waals surface area contributed by atoms with Gasteiger partial charge in [0.2, 0.25) is 5.91 Å². The number of fused-ring (bicyclic) bond motifs is 1. The second-order valence-corrected chi connectivity index (χ2v) is 5.46. The van der Waals surface area contributed by atoms with Gasteiger partial charge in [-0.15, -0.1) is 0 Å². The number of rotatable bonds is 3. The van der Waals surface area contributed by atoms with Crippen molar-refractivity contribution in [3.05, 3.63) is 59.2 Å². The molecule has 0 fully saturated rings. The third-order valence-corrected chi connectivity index (χ3v) is 3.88. The lowest BCUT2D eigenvalue weighted by molar-refractivity contribution is -0.121. The number of nitrogens with one attached hydrogen (secondary N) is 1. The molecule has 2 aromatic rings. The number of carbonyl (C=O) groups is 1. The molecule has 1 amide bonds. The van der Waals surface area contributed by atoms with Gasteiger partial charge in [0.05, 0.1) is 12.5 Å². The number of benzene rings is 2. The average Bonchev–Trinajstić information content (AvgIpc) is 2.83. The number of aryl methyl sites for hydroxylation is 1. The minimum atomic E-state index is -0.00429. The minimum Gasteiger partial charge on any atom is -0.508 e. The molecule has 0 saturated heterocycles. The first kappa shape index (κ1) is 13.5. The molecule has 1 atom stereocenters. The number of anilines is 1. The monoisotopic (exact) mass is 282 g/mol. The lowest BCUT2D eigenvalue weighted by Crippen LogP contribution is -2.28. The number of phenols is 1. The number of nitrogen functional groups attached to an aromatic ring is 1. The maximum absolute atomic E-state index is 12.1. The van der Waals surface area contributed by atoms with Crippen LogP contribution in [0.5, 0.6) is 5.75 Å². The highest BCUT2D eigenvalue weighted by atomic mass is 16.3.